The first kappa shape index (κ1) is 32.9. The maximum atomic E-state index is 13.4. The SMILES string of the molecule is CC(C)[Si]1(C(C)C)OCC2OC(n3ccc(=O)n(COC(=O)C(C)(C)C)c3=O)C(O)C2O[Si](C(C)C)(C(C)C)O1. The van der Waals surface area contributed by atoms with Crippen LogP contribution < -0.4 is 11.2 Å². The Balaban J connectivity index is 2.03. The van der Waals surface area contributed by atoms with Crippen molar-refractivity contribution in [3.63, 3.8) is 0 Å². The predicted octanol–water partition coefficient (Wildman–Crippen LogP) is 3.77. The summed E-state index contributed by atoms with van der Waals surface area (Å²) in [5.74, 6) is -0.554. The molecular formula is C27H48N2O9Si2. The Labute approximate surface area is 239 Å². The summed E-state index contributed by atoms with van der Waals surface area (Å²) in [5.41, 5.74) is -1.83. The number of hydrogen-bond donors (Lipinski definition) is 1. The molecule has 0 saturated carbocycles. The monoisotopic (exact) mass is 600 g/mol. The van der Waals surface area contributed by atoms with Crippen LogP contribution in [0.2, 0.25) is 22.2 Å². The number of aliphatic hydroxyl groups excluding tert-OH is 1. The van der Waals surface area contributed by atoms with Crippen LogP contribution in [0.4, 0.5) is 0 Å². The summed E-state index contributed by atoms with van der Waals surface area (Å²) in [7, 11) is -5.84. The Hall–Kier alpha value is -1.62. The third-order valence-electron chi connectivity index (χ3n) is 7.95. The van der Waals surface area contributed by atoms with Gasteiger partial charge in [-0.15, -0.1) is 0 Å². The second-order valence-corrected chi connectivity index (χ2v) is 22.0. The summed E-state index contributed by atoms with van der Waals surface area (Å²) < 4.78 is 34.2. The summed E-state index contributed by atoms with van der Waals surface area (Å²) >= 11 is 0. The zero-order chi connectivity index (χ0) is 30.4. The lowest BCUT2D eigenvalue weighted by Crippen LogP contribution is -2.65. The van der Waals surface area contributed by atoms with Crippen molar-refractivity contribution in [1.29, 1.82) is 0 Å². The minimum absolute atomic E-state index is 0.0487. The van der Waals surface area contributed by atoms with Gasteiger partial charge in [-0.25, -0.2) is 9.36 Å². The van der Waals surface area contributed by atoms with E-state index in [1.807, 2.05) is 0 Å². The van der Waals surface area contributed by atoms with E-state index >= 15 is 0 Å². The summed E-state index contributed by atoms with van der Waals surface area (Å²) in [5, 5.41) is 11.5. The number of nitrogens with zero attached hydrogens (tertiary/aromatic N) is 2. The van der Waals surface area contributed by atoms with Gasteiger partial charge >= 0.3 is 28.8 Å². The van der Waals surface area contributed by atoms with Gasteiger partial charge in [0.15, 0.2) is 13.0 Å². The maximum Gasteiger partial charge on any atom is 0.335 e. The minimum atomic E-state index is -3.02. The van der Waals surface area contributed by atoms with Gasteiger partial charge in [0, 0.05) is 12.3 Å². The molecule has 2 aliphatic heterocycles. The number of aliphatic hydroxyl groups is 1. The van der Waals surface area contributed by atoms with Crippen LogP contribution in [0.15, 0.2) is 21.9 Å². The summed E-state index contributed by atoms with van der Waals surface area (Å²) in [6.45, 7) is 21.4. The second kappa shape index (κ2) is 11.9. The Morgan fingerprint density at radius 3 is 2.08 bits per heavy atom. The molecule has 40 heavy (non-hydrogen) atoms. The fraction of sp³-hybridized carbons (Fsp3) is 0.815. The largest absolute Gasteiger partial charge is 0.443 e. The van der Waals surface area contributed by atoms with Crippen LogP contribution in [0, 0.1) is 5.41 Å². The number of hydrogen-bond acceptors (Lipinski definition) is 9. The van der Waals surface area contributed by atoms with E-state index in [1.165, 1.54) is 12.3 Å². The van der Waals surface area contributed by atoms with Crippen molar-refractivity contribution >= 4 is 23.1 Å². The Kier molecular flexibility index (Phi) is 9.82. The third kappa shape index (κ3) is 5.97. The van der Waals surface area contributed by atoms with E-state index in [0.717, 1.165) is 9.13 Å². The molecule has 1 aromatic heterocycles. The van der Waals surface area contributed by atoms with Crippen LogP contribution in [0.5, 0.6) is 0 Å². The van der Waals surface area contributed by atoms with Crippen LogP contribution in [0.3, 0.4) is 0 Å². The van der Waals surface area contributed by atoms with Crippen molar-refractivity contribution in [3.8, 4) is 0 Å². The number of aromatic nitrogens is 2. The molecule has 2 aliphatic rings. The van der Waals surface area contributed by atoms with Crippen molar-refractivity contribution in [3.05, 3.63) is 33.1 Å². The summed E-state index contributed by atoms with van der Waals surface area (Å²) in [6, 6.07) is 1.18. The Morgan fingerprint density at radius 1 is 1.02 bits per heavy atom. The molecule has 1 N–H and O–H groups in total. The lowest BCUT2D eigenvalue weighted by molar-refractivity contribution is -0.157. The van der Waals surface area contributed by atoms with E-state index in [4.69, 9.17) is 22.4 Å². The van der Waals surface area contributed by atoms with Crippen LogP contribution in [-0.4, -0.2) is 62.3 Å². The second-order valence-electron chi connectivity index (χ2n) is 13.2. The maximum absolute atomic E-state index is 13.4. The van der Waals surface area contributed by atoms with Crippen molar-refractivity contribution in [2.75, 3.05) is 6.61 Å². The van der Waals surface area contributed by atoms with Crippen molar-refractivity contribution in [2.24, 2.45) is 5.41 Å². The topological polar surface area (TPSA) is 127 Å². The molecule has 3 heterocycles. The van der Waals surface area contributed by atoms with Gasteiger partial charge in [0.05, 0.1) is 12.0 Å². The molecule has 0 aromatic carbocycles. The highest BCUT2D eigenvalue weighted by molar-refractivity contribution is 6.84. The molecule has 1 aromatic rings. The number of carbonyl (C=O) groups is 1. The highest BCUT2D eigenvalue weighted by Crippen LogP contribution is 2.48. The molecule has 0 bridgehead atoms. The van der Waals surface area contributed by atoms with Crippen LogP contribution >= 0.6 is 0 Å². The molecule has 4 atom stereocenters. The van der Waals surface area contributed by atoms with Gasteiger partial charge in [0.25, 0.3) is 5.56 Å². The molecule has 0 spiro atoms. The number of ether oxygens (including phenoxy) is 2. The van der Waals surface area contributed by atoms with E-state index < -0.39 is 71.0 Å². The zero-order valence-electron chi connectivity index (χ0n) is 25.8. The molecule has 2 saturated heterocycles. The molecule has 0 aliphatic carbocycles. The van der Waals surface area contributed by atoms with Crippen LogP contribution in [0.1, 0.15) is 82.4 Å². The smallest absolute Gasteiger partial charge is 0.335 e. The molecule has 3 rings (SSSR count). The van der Waals surface area contributed by atoms with Gasteiger partial charge in [0.2, 0.25) is 0 Å². The number of rotatable bonds is 7. The average molecular weight is 601 g/mol. The molecule has 228 valence electrons. The fourth-order valence-electron chi connectivity index (χ4n) is 5.55. The first-order valence-corrected chi connectivity index (χ1v) is 18.2. The fourth-order valence-corrected chi connectivity index (χ4v) is 16.8. The van der Waals surface area contributed by atoms with E-state index in [2.05, 4.69) is 55.4 Å². The van der Waals surface area contributed by atoms with Crippen molar-refractivity contribution in [1.82, 2.24) is 9.13 Å². The van der Waals surface area contributed by atoms with Gasteiger partial charge in [-0.3, -0.25) is 14.2 Å². The van der Waals surface area contributed by atoms with E-state index in [9.17, 15) is 19.5 Å². The Bertz CT molecular complexity index is 1160. The Morgan fingerprint density at radius 2 is 1.57 bits per heavy atom. The number of carbonyl (C=O) groups excluding carboxylic acids is 1. The minimum Gasteiger partial charge on any atom is -0.443 e. The summed E-state index contributed by atoms with van der Waals surface area (Å²) in [4.78, 5) is 38.2. The molecule has 11 nitrogen and oxygen atoms in total. The average Bonchev–Trinajstić information content (AvgIpc) is 3.11. The number of fused-ring (bicyclic) bond motifs is 1. The molecule has 4 unspecified atom stereocenters. The molecule has 2 fully saturated rings. The predicted molar refractivity (Wildman–Crippen MR) is 154 cm³/mol. The van der Waals surface area contributed by atoms with Crippen LogP contribution in [0.25, 0.3) is 0 Å². The first-order chi connectivity index (χ1) is 18.4. The molecule has 13 heteroatoms. The quantitative estimate of drug-likeness (QED) is 0.367. The summed E-state index contributed by atoms with van der Waals surface area (Å²) in [6.07, 6.45) is -2.57. The highest BCUT2D eigenvalue weighted by Gasteiger charge is 2.61. The van der Waals surface area contributed by atoms with E-state index in [0.29, 0.717) is 0 Å². The normalized spacial score (nSPS) is 26.7. The number of esters is 1. The van der Waals surface area contributed by atoms with E-state index in [-0.39, 0.29) is 28.8 Å². The zero-order valence-corrected chi connectivity index (χ0v) is 27.8. The standard InChI is InChI=1S/C27H48N2O9Si2/c1-16(2)39(17(3)4)35-14-20-23(37-40(38-39,18(5)6)19(7)8)22(31)24(36-20)28-13-12-21(30)29(26(28)33)15-34-25(32)27(9,10)11/h12-13,16-20,22-24,31H,14-15H2,1-11H3. The van der Waals surface area contributed by atoms with Gasteiger partial charge in [-0.05, 0) is 42.9 Å². The van der Waals surface area contributed by atoms with Crippen molar-refractivity contribution in [2.45, 2.75) is 130 Å². The van der Waals surface area contributed by atoms with Gasteiger partial charge < -0.3 is 27.5 Å². The van der Waals surface area contributed by atoms with Gasteiger partial charge in [-0.2, -0.15) is 0 Å². The third-order valence-corrected chi connectivity index (χ3v) is 18.2. The lowest BCUT2D eigenvalue weighted by Gasteiger charge is -2.51. The van der Waals surface area contributed by atoms with Crippen LogP contribution in [-0.2, 0) is 34.0 Å². The highest BCUT2D eigenvalue weighted by atomic mass is 28.5. The first-order valence-electron chi connectivity index (χ1n) is 14.2. The van der Waals surface area contributed by atoms with Crippen molar-refractivity contribution < 1.29 is 32.3 Å². The van der Waals surface area contributed by atoms with Gasteiger partial charge in [-0.1, -0.05) is 55.4 Å². The molecular weight excluding hydrogens is 552 g/mol. The lowest BCUT2D eigenvalue weighted by atomic mass is 9.98. The molecule has 0 amide bonds. The van der Waals surface area contributed by atoms with Gasteiger partial charge in [0.1, 0.15) is 18.3 Å². The van der Waals surface area contributed by atoms with E-state index in [1.54, 1.807) is 20.8 Å². The molecule has 0 radical (unpaired) electrons.